The molecule has 0 amide bonds. The molecule has 1 aromatic carbocycles. The summed E-state index contributed by atoms with van der Waals surface area (Å²) in [4.78, 5) is 1.26. The molecule has 3 nitrogen and oxygen atoms in total. The zero-order valence-electron chi connectivity index (χ0n) is 11.5. The highest BCUT2D eigenvalue weighted by molar-refractivity contribution is 7.85. The Labute approximate surface area is 137 Å². The van der Waals surface area contributed by atoms with Gasteiger partial charge in [0.2, 0.25) is 0 Å². The SMILES string of the molecule is CCCCc1ssc(=S)c1Cc1ccc(S(=O)(=O)O)cc1. The van der Waals surface area contributed by atoms with Gasteiger partial charge in [0, 0.05) is 11.3 Å². The van der Waals surface area contributed by atoms with Crippen molar-refractivity contribution in [3.63, 3.8) is 0 Å². The fourth-order valence-corrected chi connectivity index (χ4v) is 5.45. The van der Waals surface area contributed by atoms with E-state index in [0.717, 1.165) is 28.6 Å². The van der Waals surface area contributed by atoms with Gasteiger partial charge in [0.15, 0.2) is 0 Å². The molecule has 0 aliphatic rings. The van der Waals surface area contributed by atoms with Gasteiger partial charge in [-0.1, -0.05) is 58.4 Å². The van der Waals surface area contributed by atoms with Crippen LogP contribution in [0.1, 0.15) is 35.8 Å². The lowest BCUT2D eigenvalue weighted by atomic mass is 10.0. The van der Waals surface area contributed by atoms with Crippen molar-refractivity contribution in [2.75, 3.05) is 0 Å². The van der Waals surface area contributed by atoms with Gasteiger partial charge in [-0.25, -0.2) is 0 Å². The predicted octanol–water partition coefficient (Wildman–Crippen LogP) is 4.72. The minimum atomic E-state index is -4.13. The van der Waals surface area contributed by atoms with Crippen LogP contribution in [0.25, 0.3) is 0 Å². The van der Waals surface area contributed by atoms with Crippen LogP contribution in [0.15, 0.2) is 29.2 Å². The molecule has 1 aromatic heterocycles. The van der Waals surface area contributed by atoms with Crippen LogP contribution in [-0.2, 0) is 23.0 Å². The molecular weight excluding hydrogens is 344 g/mol. The molecule has 0 atom stereocenters. The smallest absolute Gasteiger partial charge is 0.282 e. The minimum Gasteiger partial charge on any atom is -0.282 e. The minimum absolute atomic E-state index is 0.0795. The first kappa shape index (κ1) is 16.8. The highest BCUT2D eigenvalue weighted by Crippen LogP contribution is 2.28. The Hall–Kier alpha value is -0.600. The molecule has 0 spiro atoms. The van der Waals surface area contributed by atoms with Crippen molar-refractivity contribution in [1.82, 2.24) is 0 Å². The highest BCUT2D eigenvalue weighted by atomic mass is 32.9. The Morgan fingerprint density at radius 1 is 1.19 bits per heavy atom. The second kappa shape index (κ2) is 7.11. The zero-order chi connectivity index (χ0) is 15.5. The third-order valence-electron chi connectivity index (χ3n) is 3.16. The first-order valence-electron chi connectivity index (χ1n) is 6.59. The molecule has 0 aliphatic carbocycles. The van der Waals surface area contributed by atoms with E-state index in [1.807, 2.05) is 0 Å². The average Bonchev–Trinajstić information content (AvgIpc) is 2.77. The molecule has 0 bridgehead atoms. The summed E-state index contributed by atoms with van der Waals surface area (Å²) in [6, 6.07) is 6.30. The Balaban J connectivity index is 2.22. The lowest BCUT2D eigenvalue weighted by Crippen LogP contribution is -1.98. The predicted molar refractivity (Wildman–Crippen MR) is 90.7 cm³/mol. The van der Waals surface area contributed by atoms with E-state index in [4.69, 9.17) is 16.8 Å². The molecule has 0 saturated heterocycles. The van der Waals surface area contributed by atoms with E-state index in [-0.39, 0.29) is 4.90 Å². The average molecular weight is 361 g/mol. The summed E-state index contributed by atoms with van der Waals surface area (Å²) in [5.41, 5.74) is 2.19. The fraction of sp³-hybridized carbons (Fsp3) is 0.357. The summed E-state index contributed by atoms with van der Waals surface area (Å²) in [6.07, 6.45) is 4.06. The van der Waals surface area contributed by atoms with Gasteiger partial charge < -0.3 is 0 Å². The van der Waals surface area contributed by atoms with Crippen LogP contribution in [-0.4, -0.2) is 13.0 Å². The Kier molecular flexibility index (Phi) is 5.67. The summed E-state index contributed by atoms with van der Waals surface area (Å²) < 4.78 is 32.0. The van der Waals surface area contributed by atoms with Crippen LogP contribution in [0.5, 0.6) is 0 Å². The third-order valence-corrected chi connectivity index (χ3v) is 7.33. The van der Waals surface area contributed by atoms with E-state index in [9.17, 15) is 8.42 Å². The Morgan fingerprint density at radius 2 is 1.86 bits per heavy atom. The lowest BCUT2D eigenvalue weighted by Gasteiger charge is -2.04. The number of rotatable bonds is 6. The monoisotopic (exact) mass is 360 g/mol. The molecular formula is C14H16O3S4. The van der Waals surface area contributed by atoms with E-state index in [2.05, 4.69) is 6.92 Å². The van der Waals surface area contributed by atoms with Gasteiger partial charge in [-0.05, 0) is 36.1 Å². The molecule has 1 heterocycles. The standard InChI is InChI=1S/C14H16O3S4/c1-2-3-4-13-12(14(18)20-19-13)9-10-5-7-11(8-6-10)21(15,16)17/h5-8H,2-4,9H2,1H3,(H,15,16,17). The summed E-state index contributed by atoms with van der Waals surface area (Å²) in [5.74, 6) is 0. The van der Waals surface area contributed by atoms with Gasteiger partial charge >= 0.3 is 0 Å². The van der Waals surface area contributed by atoms with Crippen molar-refractivity contribution in [2.45, 2.75) is 37.5 Å². The largest absolute Gasteiger partial charge is 0.294 e. The van der Waals surface area contributed by atoms with Crippen molar-refractivity contribution < 1.29 is 13.0 Å². The van der Waals surface area contributed by atoms with Crippen LogP contribution < -0.4 is 0 Å². The van der Waals surface area contributed by atoms with Gasteiger partial charge in [-0.2, -0.15) is 8.42 Å². The Morgan fingerprint density at radius 3 is 2.43 bits per heavy atom. The summed E-state index contributed by atoms with van der Waals surface area (Å²) >= 11 is 5.40. The molecule has 0 saturated carbocycles. The van der Waals surface area contributed by atoms with Crippen molar-refractivity contribution >= 4 is 43.0 Å². The number of hydrogen-bond donors (Lipinski definition) is 1. The van der Waals surface area contributed by atoms with Crippen molar-refractivity contribution in [3.05, 3.63) is 44.1 Å². The van der Waals surface area contributed by atoms with E-state index in [1.54, 1.807) is 32.8 Å². The van der Waals surface area contributed by atoms with Crippen LogP contribution >= 0.6 is 32.9 Å². The molecule has 2 aromatic rings. The maximum absolute atomic E-state index is 11.0. The van der Waals surface area contributed by atoms with Gasteiger partial charge in [0.1, 0.15) is 3.82 Å². The molecule has 114 valence electrons. The third kappa shape index (κ3) is 4.43. The van der Waals surface area contributed by atoms with E-state index in [0.29, 0.717) is 6.42 Å². The molecule has 0 aliphatic heterocycles. The second-order valence-electron chi connectivity index (χ2n) is 4.76. The molecule has 21 heavy (non-hydrogen) atoms. The Bertz CT molecular complexity index is 754. The number of benzene rings is 1. The summed E-state index contributed by atoms with van der Waals surface area (Å²) in [7, 11) is -0.753. The van der Waals surface area contributed by atoms with Crippen LogP contribution in [0.3, 0.4) is 0 Å². The second-order valence-corrected chi connectivity index (χ2v) is 9.08. The van der Waals surface area contributed by atoms with Crippen molar-refractivity contribution in [3.8, 4) is 0 Å². The summed E-state index contributed by atoms with van der Waals surface area (Å²) in [5, 5.41) is 0. The fourth-order valence-electron chi connectivity index (χ4n) is 1.99. The molecule has 0 unspecified atom stereocenters. The first-order chi connectivity index (χ1) is 9.91. The maximum atomic E-state index is 11.0. The molecule has 0 fully saturated rings. The van der Waals surface area contributed by atoms with E-state index in [1.165, 1.54) is 22.6 Å². The van der Waals surface area contributed by atoms with Crippen molar-refractivity contribution in [1.29, 1.82) is 0 Å². The topological polar surface area (TPSA) is 54.4 Å². The van der Waals surface area contributed by atoms with Gasteiger partial charge in [-0.3, -0.25) is 4.55 Å². The number of aryl methyl sites for hydroxylation is 1. The molecule has 2 rings (SSSR count). The zero-order valence-corrected chi connectivity index (χ0v) is 14.8. The van der Waals surface area contributed by atoms with Gasteiger partial charge in [-0.15, -0.1) is 0 Å². The van der Waals surface area contributed by atoms with E-state index < -0.39 is 10.1 Å². The van der Waals surface area contributed by atoms with Crippen LogP contribution in [0.2, 0.25) is 0 Å². The normalized spacial score (nSPS) is 11.7. The maximum Gasteiger partial charge on any atom is 0.294 e. The van der Waals surface area contributed by atoms with Gasteiger partial charge in [0.25, 0.3) is 10.1 Å². The van der Waals surface area contributed by atoms with Gasteiger partial charge in [0.05, 0.1) is 4.90 Å². The molecule has 7 heteroatoms. The van der Waals surface area contributed by atoms with E-state index >= 15 is 0 Å². The molecule has 0 radical (unpaired) electrons. The highest BCUT2D eigenvalue weighted by Gasteiger charge is 2.11. The lowest BCUT2D eigenvalue weighted by molar-refractivity contribution is 0.483. The number of hydrogen-bond acceptors (Lipinski definition) is 5. The summed E-state index contributed by atoms with van der Waals surface area (Å²) in [6.45, 7) is 2.17. The number of unbranched alkanes of at least 4 members (excludes halogenated alkanes) is 1. The molecule has 1 N–H and O–H groups in total. The van der Waals surface area contributed by atoms with Crippen LogP contribution in [0.4, 0.5) is 0 Å². The quantitative estimate of drug-likeness (QED) is 0.460. The van der Waals surface area contributed by atoms with Crippen LogP contribution in [0, 0.1) is 3.82 Å². The van der Waals surface area contributed by atoms with Crippen molar-refractivity contribution in [2.24, 2.45) is 0 Å². The first-order valence-corrected chi connectivity index (χ1v) is 10.6.